The van der Waals surface area contributed by atoms with Crippen LogP contribution in [0.3, 0.4) is 0 Å². The Bertz CT molecular complexity index is 937. The Labute approximate surface area is 162 Å². The minimum absolute atomic E-state index is 0.352. The number of hydrogen-bond donors (Lipinski definition) is 1. The minimum atomic E-state index is -0.965. The van der Waals surface area contributed by atoms with E-state index in [0.717, 1.165) is 5.69 Å². The second kappa shape index (κ2) is 8.85. The van der Waals surface area contributed by atoms with Crippen molar-refractivity contribution in [1.29, 1.82) is 0 Å². The smallest absolute Gasteiger partial charge is 0.338 e. The summed E-state index contributed by atoms with van der Waals surface area (Å²) in [7, 11) is 0. The molecule has 144 valence electrons. The molecule has 0 fully saturated rings. The molecule has 1 heterocycles. The van der Waals surface area contributed by atoms with Crippen LogP contribution in [-0.4, -0.2) is 34.4 Å². The molecule has 28 heavy (non-hydrogen) atoms. The quantitative estimate of drug-likeness (QED) is 0.636. The van der Waals surface area contributed by atoms with E-state index in [1.165, 1.54) is 6.92 Å². The SMILES string of the molecule is CCOc1ccccc1NC(=O)[C@H](C)OC(=O)c1ccc(-n2cccn2)cc1. The molecule has 1 N–H and O–H groups in total. The van der Waals surface area contributed by atoms with Gasteiger partial charge in [-0.05, 0) is 56.3 Å². The van der Waals surface area contributed by atoms with Crippen LogP contribution < -0.4 is 10.1 Å². The van der Waals surface area contributed by atoms with Gasteiger partial charge in [0.05, 0.1) is 23.5 Å². The number of carbonyl (C=O) groups excluding carboxylic acids is 2. The van der Waals surface area contributed by atoms with E-state index in [1.807, 2.05) is 19.1 Å². The van der Waals surface area contributed by atoms with Crippen molar-refractivity contribution < 1.29 is 19.1 Å². The average molecular weight is 379 g/mol. The fraction of sp³-hybridized carbons (Fsp3) is 0.190. The summed E-state index contributed by atoms with van der Waals surface area (Å²) in [6.07, 6.45) is 2.51. The molecule has 3 rings (SSSR count). The third-order valence-corrected chi connectivity index (χ3v) is 3.97. The summed E-state index contributed by atoms with van der Waals surface area (Å²) < 4.78 is 12.4. The van der Waals surface area contributed by atoms with E-state index >= 15 is 0 Å². The summed E-state index contributed by atoms with van der Waals surface area (Å²) in [6.45, 7) is 3.86. The molecule has 3 aromatic rings. The maximum atomic E-state index is 12.4. The molecule has 1 atom stereocenters. The summed E-state index contributed by atoms with van der Waals surface area (Å²) in [5, 5.41) is 6.86. The molecule has 0 aliphatic rings. The number of hydrogen-bond acceptors (Lipinski definition) is 5. The number of nitrogens with one attached hydrogen (secondary N) is 1. The third kappa shape index (κ3) is 4.56. The van der Waals surface area contributed by atoms with Gasteiger partial charge in [-0.1, -0.05) is 12.1 Å². The largest absolute Gasteiger partial charge is 0.492 e. The lowest BCUT2D eigenvalue weighted by atomic mass is 10.2. The van der Waals surface area contributed by atoms with Crippen molar-refractivity contribution in [3.63, 3.8) is 0 Å². The number of benzene rings is 2. The Hall–Kier alpha value is -3.61. The molecule has 0 spiro atoms. The fourth-order valence-electron chi connectivity index (χ4n) is 2.54. The standard InChI is InChI=1S/C21H21N3O4/c1-3-27-19-8-5-4-7-18(19)23-20(25)15(2)28-21(26)16-9-11-17(12-10-16)24-14-6-13-22-24/h4-15H,3H2,1-2H3,(H,23,25)/t15-/m0/s1. The molecular weight excluding hydrogens is 358 g/mol. The van der Waals surface area contributed by atoms with E-state index in [0.29, 0.717) is 23.6 Å². The van der Waals surface area contributed by atoms with Gasteiger partial charge < -0.3 is 14.8 Å². The van der Waals surface area contributed by atoms with Gasteiger partial charge >= 0.3 is 5.97 Å². The highest BCUT2D eigenvalue weighted by Crippen LogP contribution is 2.24. The van der Waals surface area contributed by atoms with Gasteiger partial charge in [0.15, 0.2) is 6.10 Å². The first-order valence-electron chi connectivity index (χ1n) is 8.92. The van der Waals surface area contributed by atoms with Crippen LogP contribution in [0.25, 0.3) is 5.69 Å². The summed E-state index contributed by atoms with van der Waals surface area (Å²) >= 11 is 0. The zero-order valence-electron chi connectivity index (χ0n) is 15.7. The molecule has 7 heteroatoms. The maximum absolute atomic E-state index is 12.4. The Morgan fingerprint density at radius 1 is 1.11 bits per heavy atom. The number of ether oxygens (including phenoxy) is 2. The van der Waals surface area contributed by atoms with Crippen LogP contribution in [0.1, 0.15) is 24.2 Å². The summed E-state index contributed by atoms with van der Waals surface area (Å²) in [6, 6.07) is 15.7. The van der Waals surface area contributed by atoms with Crippen molar-refractivity contribution in [2.24, 2.45) is 0 Å². The van der Waals surface area contributed by atoms with Crippen LogP contribution in [0.2, 0.25) is 0 Å². The van der Waals surface area contributed by atoms with Crippen LogP contribution in [0, 0.1) is 0 Å². The van der Waals surface area contributed by atoms with Crippen LogP contribution in [-0.2, 0) is 9.53 Å². The van der Waals surface area contributed by atoms with Crippen molar-refractivity contribution in [1.82, 2.24) is 9.78 Å². The first kappa shape index (κ1) is 19.2. The normalized spacial score (nSPS) is 11.5. The number of esters is 1. The number of anilines is 1. The highest BCUT2D eigenvalue weighted by Gasteiger charge is 2.20. The molecule has 0 unspecified atom stereocenters. The summed E-state index contributed by atoms with van der Waals surface area (Å²) in [4.78, 5) is 24.7. The molecule has 7 nitrogen and oxygen atoms in total. The van der Waals surface area contributed by atoms with Crippen LogP contribution >= 0.6 is 0 Å². The molecule has 0 radical (unpaired) electrons. The van der Waals surface area contributed by atoms with Crippen molar-refractivity contribution >= 4 is 17.6 Å². The predicted molar refractivity (Wildman–Crippen MR) is 105 cm³/mol. The Kier molecular flexibility index (Phi) is 6.06. The minimum Gasteiger partial charge on any atom is -0.492 e. The zero-order chi connectivity index (χ0) is 19.9. The topological polar surface area (TPSA) is 82.5 Å². The third-order valence-electron chi connectivity index (χ3n) is 3.97. The molecule has 2 aromatic carbocycles. The van der Waals surface area contributed by atoms with Gasteiger partial charge in [-0.2, -0.15) is 5.10 Å². The molecule has 0 aliphatic carbocycles. The molecule has 1 amide bonds. The predicted octanol–water partition coefficient (Wildman–Crippen LogP) is 3.46. The maximum Gasteiger partial charge on any atom is 0.338 e. The van der Waals surface area contributed by atoms with E-state index in [-0.39, 0.29) is 0 Å². The van der Waals surface area contributed by atoms with E-state index in [9.17, 15) is 9.59 Å². The lowest BCUT2D eigenvalue weighted by Gasteiger charge is -2.15. The number of amides is 1. The molecular formula is C21H21N3O4. The molecule has 0 bridgehead atoms. The first-order valence-corrected chi connectivity index (χ1v) is 8.92. The number of nitrogens with zero attached hydrogens (tertiary/aromatic N) is 2. The molecule has 1 aromatic heterocycles. The van der Waals surface area contributed by atoms with E-state index in [4.69, 9.17) is 9.47 Å². The second-order valence-electron chi connectivity index (χ2n) is 5.96. The van der Waals surface area contributed by atoms with Gasteiger partial charge in [0.2, 0.25) is 0 Å². The Balaban J connectivity index is 1.61. The van der Waals surface area contributed by atoms with Gasteiger partial charge in [-0.3, -0.25) is 4.79 Å². The van der Waals surface area contributed by atoms with Crippen molar-refractivity contribution in [2.45, 2.75) is 20.0 Å². The number of para-hydroxylation sites is 2. The van der Waals surface area contributed by atoms with E-state index < -0.39 is 18.0 Å². The van der Waals surface area contributed by atoms with E-state index in [1.54, 1.807) is 59.5 Å². The number of aromatic nitrogens is 2. The molecule has 0 aliphatic heterocycles. The van der Waals surface area contributed by atoms with Crippen molar-refractivity contribution in [2.75, 3.05) is 11.9 Å². The average Bonchev–Trinajstić information content (AvgIpc) is 3.24. The lowest BCUT2D eigenvalue weighted by molar-refractivity contribution is -0.123. The first-order chi connectivity index (χ1) is 13.6. The van der Waals surface area contributed by atoms with Gasteiger partial charge in [0.25, 0.3) is 5.91 Å². The van der Waals surface area contributed by atoms with Crippen LogP contribution in [0.5, 0.6) is 5.75 Å². The van der Waals surface area contributed by atoms with E-state index in [2.05, 4.69) is 10.4 Å². The van der Waals surface area contributed by atoms with Gasteiger partial charge in [0.1, 0.15) is 5.75 Å². The van der Waals surface area contributed by atoms with Gasteiger partial charge in [0, 0.05) is 12.4 Å². The van der Waals surface area contributed by atoms with Crippen molar-refractivity contribution in [3.05, 3.63) is 72.6 Å². The second-order valence-corrected chi connectivity index (χ2v) is 5.96. The van der Waals surface area contributed by atoms with Crippen molar-refractivity contribution in [3.8, 4) is 11.4 Å². The van der Waals surface area contributed by atoms with Crippen LogP contribution in [0.15, 0.2) is 67.0 Å². The Morgan fingerprint density at radius 2 is 1.86 bits per heavy atom. The van der Waals surface area contributed by atoms with Gasteiger partial charge in [-0.25, -0.2) is 9.48 Å². The zero-order valence-corrected chi connectivity index (χ0v) is 15.7. The summed E-state index contributed by atoms with van der Waals surface area (Å²) in [5.74, 6) is -0.451. The van der Waals surface area contributed by atoms with Gasteiger partial charge in [-0.15, -0.1) is 0 Å². The summed E-state index contributed by atoms with van der Waals surface area (Å²) in [5.41, 5.74) is 1.70. The highest BCUT2D eigenvalue weighted by molar-refractivity contribution is 5.98. The highest BCUT2D eigenvalue weighted by atomic mass is 16.5. The Morgan fingerprint density at radius 3 is 2.54 bits per heavy atom. The lowest BCUT2D eigenvalue weighted by Crippen LogP contribution is -2.30. The molecule has 0 saturated carbocycles. The molecule has 0 saturated heterocycles. The number of carbonyl (C=O) groups is 2. The fourth-order valence-corrected chi connectivity index (χ4v) is 2.54. The monoisotopic (exact) mass is 379 g/mol. The number of rotatable bonds is 7. The van der Waals surface area contributed by atoms with Crippen LogP contribution in [0.4, 0.5) is 5.69 Å².